The summed E-state index contributed by atoms with van der Waals surface area (Å²) in [4.78, 5) is 79.0. The fraction of sp³-hybridized carbons (Fsp3) is 0.676. The Morgan fingerprint density at radius 3 is 1.82 bits per heavy atom. The molecule has 1 aromatic carbocycles. The van der Waals surface area contributed by atoms with E-state index >= 15 is 0 Å². The van der Waals surface area contributed by atoms with E-state index in [2.05, 4.69) is 53.2 Å². The zero-order valence-corrected chi connectivity index (χ0v) is 31.9. The van der Waals surface area contributed by atoms with Gasteiger partial charge in [-0.05, 0) is 37.1 Å². The maximum atomic E-state index is 13.8. The van der Waals surface area contributed by atoms with Crippen LogP contribution in [-0.2, 0) is 35.2 Å². The highest BCUT2D eigenvalue weighted by atomic mass is 16.3. The van der Waals surface area contributed by atoms with Gasteiger partial charge in [-0.2, -0.15) is 0 Å². The smallest absolute Gasteiger partial charge is 0.226 e. The molecule has 10 atom stereocenters. The molecule has 55 heavy (non-hydrogen) atoms. The van der Waals surface area contributed by atoms with Crippen molar-refractivity contribution in [2.24, 2.45) is 41.2 Å². The molecule has 4 heterocycles. The minimum atomic E-state index is -0.650. The molecule has 13 N–H and O–H groups in total. The number of hydrogen-bond donors (Lipinski definition) is 12. The second kappa shape index (κ2) is 19.5. The van der Waals surface area contributed by atoms with Gasteiger partial charge in [-0.3, -0.25) is 28.8 Å². The molecule has 4 aliphatic rings. The molecule has 0 bridgehead atoms. The van der Waals surface area contributed by atoms with E-state index in [4.69, 9.17) is 5.73 Å². The van der Waals surface area contributed by atoms with Crippen LogP contribution in [0.15, 0.2) is 24.3 Å². The van der Waals surface area contributed by atoms with E-state index in [1.165, 1.54) is 0 Å². The van der Waals surface area contributed by atoms with Crippen LogP contribution >= 0.6 is 0 Å². The standard InChI is InChI=1S/C37H59N11O7/c1-19(2)27(9-32(50)45-30-17-42-13-25(30)37(55)48-29-16-40-11-23(29)33(38)51)46-36(54)26-14-43-18-31(26)47-34(52)21(8-20-4-6-22(49)7-5-20)10-44-35(53)24-12-41-15-28(24)39-3/h4-7,19,21,23-31,39-43,49H,8-18H2,1-3H3,(H2,38,51)(H,44,53)(H,45,50)(H,46,54)(H,47,52)(H,48,55)/t21-,23-,24-,25-,26-,27+,28+,29+,30+,31+/m0/s1. The zero-order chi connectivity index (χ0) is 39.6. The van der Waals surface area contributed by atoms with Gasteiger partial charge in [0.1, 0.15) is 5.75 Å². The highest BCUT2D eigenvalue weighted by molar-refractivity contribution is 5.86. The topological polar surface area (TPSA) is 269 Å². The van der Waals surface area contributed by atoms with Crippen molar-refractivity contribution in [1.29, 1.82) is 0 Å². The molecule has 304 valence electrons. The highest BCUT2D eigenvalue weighted by Gasteiger charge is 2.40. The van der Waals surface area contributed by atoms with Gasteiger partial charge in [-0.15, -0.1) is 0 Å². The van der Waals surface area contributed by atoms with Crippen molar-refractivity contribution in [3.63, 3.8) is 0 Å². The number of phenolic OH excluding ortho intramolecular Hbond substituents is 1. The first-order chi connectivity index (χ1) is 26.3. The van der Waals surface area contributed by atoms with E-state index in [0.29, 0.717) is 58.8 Å². The van der Waals surface area contributed by atoms with E-state index in [0.717, 1.165) is 5.56 Å². The predicted octanol–water partition coefficient (Wildman–Crippen LogP) is -4.40. The predicted molar refractivity (Wildman–Crippen MR) is 203 cm³/mol. The maximum Gasteiger partial charge on any atom is 0.226 e. The summed E-state index contributed by atoms with van der Waals surface area (Å²) in [6.07, 6.45) is 0.290. The Bertz CT molecular complexity index is 1530. The van der Waals surface area contributed by atoms with E-state index < -0.39 is 53.7 Å². The number of hydrogen-bond acceptors (Lipinski definition) is 12. The summed E-state index contributed by atoms with van der Waals surface area (Å²) in [5.74, 6) is -4.42. The largest absolute Gasteiger partial charge is 0.508 e. The molecular weight excluding hydrogens is 710 g/mol. The molecule has 5 rings (SSSR count). The third-order valence-electron chi connectivity index (χ3n) is 11.5. The monoisotopic (exact) mass is 769 g/mol. The number of likely N-dealkylation sites (N-methyl/N-ethyl adjacent to an activating group) is 1. The van der Waals surface area contributed by atoms with Crippen LogP contribution in [0.5, 0.6) is 5.75 Å². The molecule has 0 radical (unpaired) electrons. The summed E-state index contributed by atoms with van der Waals surface area (Å²) in [6, 6.07) is 4.60. The van der Waals surface area contributed by atoms with Crippen molar-refractivity contribution in [2.75, 3.05) is 66.0 Å². The minimum absolute atomic E-state index is 0.0129. The van der Waals surface area contributed by atoms with E-state index in [1.54, 1.807) is 24.3 Å². The third-order valence-corrected chi connectivity index (χ3v) is 11.5. The summed E-state index contributed by atoms with van der Waals surface area (Å²) >= 11 is 0. The van der Waals surface area contributed by atoms with Crippen molar-refractivity contribution in [2.45, 2.75) is 56.9 Å². The van der Waals surface area contributed by atoms with Crippen molar-refractivity contribution in [1.82, 2.24) is 53.2 Å². The number of amides is 6. The second-order valence-corrected chi connectivity index (χ2v) is 15.6. The fourth-order valence-electron chi connectivity index (χ4n) is 7.93. The molecule has 6 amide bonds. The quantitative estimate of drug-likeness (QED) is 0.0717. The van der Waals surface area contributed by atoms with Gasteiger partial charge >= 0.3 is 0 Å². The lowest BCUT2D eigenvalue weighted by Crippen LogP contribution is -2.53. The first-order valence-corrected chi connectivity index (χ1v) is 19.4. The molecular formula is C37H59N11O7. The molecule has 4 fully saturated rings. The average Bonchev–Trinajstić information content (AvgIpc) is 3.98. The Morgan fingerprint density at radius 1 is 0.709 bits per heavy atom. The lowest BCUT2D eigenvalue weighted by molar-refractivity contribution is -0.129. The Balaban J connectivity index is 1.16. The van der Waals surface area contributed by atoms with Crippen molar-refractivity contribution < 1.29 is 33.9 Å². The number of primary amides is 1. The molecule has 0 spiro atoms. The first-order valence-electron chi connectivity index (χ1n) is 19.4. The number of nitrogens with one attached hydrogen (secondary N) is 10. The van der Waals surface area contributed by atoms with Gasteiger partial charge in [0.25, 0.3) is 0 Å². The lowest BCUT2D eigenvalue weighted by Gasteiger charge is -2.28. The Labute approximate surface area is 321 Å². The molecule has 0 unspecified atom stereocenters. The normalized spacial score (nSPS) is 28.7. The van der Waals surface area contributed by atoms with Crippen LogP contribution in [0.3, 0.4) is 0 Å². The van der Waals surface area contributed by atoms with Gasteiger partial charge in [0.2, 0.25) is 35.4 Å². The summed E-state index contributed by atoms with van der Waals surface area (Å²) < 4.78 is 0. The van der Waals surface area contributed by atoms with Gasteiger partial charge in [-0.1, -0.05) is 26.0 Å². The van der Waals surface area contributed by atoms with Crippen molar-refractivity contribution >= 4 is 35.4 Å². The molecule has 4 saturated heterocycles. The number of aromatic hydroxyl groups is 1. The lowest BCUT2D eigenvalue weighted by atomic mass is 9.94. The Morgan fingerprint density at radius 2 is 1.24 bits per heavy atom. The third kappa shape index (κ3) is 11.1. The molecule has 0 aliphatic carbocycles. The van der Waals surface area contributed by atoms with Crippen LogP contribution in [0.4, 0.5) is 0 Å². The average molecular weight is 770 g/mol. The fourth-order valence-corrected chi connectivity index (χ4v) is 7.93. The number of nitrogens with two attached hydrogens (primary N) is 1. The van der Waals surface area contributed by atoms with Gasteiger partial charge in [0, 0.05) is 77.4 Å². The van der Waals surface area contributed by atoms with Gasteiger partial charge in [0.05, 0.1) is 47.7 Å². The van der Waals surface area contributed by atoms with Crippen LogP contribution in [0.1, 0.15) is 25.8 Å². The van der Waals surface area contributed by atoms with Gasteiger partial charge < -0.3 is 64.0 Å². The number of benzene rings is 1. The van der Waals surface area contributed by atoms with Gasteiger partial charge in [0.15, 0.2) is 0 Å². The van der Waals surface area contributed by atoms with Gasteiger partial charge in [-0.25, -0.2) is 0 Å². The molecule has 18 nitrogen and oxygen atoms in total. The second-order valence-electron chi connectivity index (χ2n) is 15.6. The summed E-state index contributed by atoms with van der Waals surface area (Å²) in [6.45, 7) is 7.38. The van der Waals surface area contributed by atoms with Crippen LogP contribution in [0, 0.1) is 35.5 Å². The molecule has 0 aromatic heterocycles. The van der Waals surface area contributed by atoms with Crippen LogP contribution in [0.25, 0.3) is 0 Å². The molecule has 1 aromatic rings. The maximum absolute atomic E-state index is 13.8. The van der Waals surface area contributed by atoms with Crippen LogP contribution < -0.4 is 58.9 Å². The molecule has 0 saturated carbocycles. The molecule has 4 aliphatic heterocycles. The first kappa shape index (κ1) is 41.8. The van der Waals surface area contributed by atoms with Crippen LogP contribution in [0.2, 0.25) is 0 Å². The molecule has 18 heteroatoms. The summed E-state index contributed by atoms with van der Waals surface area (Å²) in [5.41, 5.74) is 6.31. The van der Waals surface area contributed by atoms with E-state index in [9.17, 15) is 33.9 Å². The number of rotatable bonds is 17. The van der Waals surface area contributed by atoms with E-state index in [1.807, 2.05) is 20.9 Å². The highest BCUT2D eigenvalue weighted by Crippen LogP contribution is 2.19. The summed E-state index contributed by atoms with van der Waals surface area (Å²) in [7, 11) is 1.81. The minimum Gasteiger partial charge on any atom is -0.508 e. The number of phenols is 1. The Hall–Kier alpha value is -4.36. The van der Waals surface area contributed by atoms with Crippen molar-refractivity contribution in [3.8, 4) is 5.75 Å². The zero-order valence-electron chi connectivity index (χ0n) is 31.9. The number of carbonyl (C=O) groups excluding carboxylic acids is 6. The van der Waals surface area contributed by atoms with Crippen LogP contribution in [-0.4, -0.2) is 137 Å². The SMILES string of the molecule is CN[C@@H]1CNC[C@@H]1C(=O)NC[C@H](Cc1ccc(O)cc1)C(=O)N[C@@H]1CNC[C@@H]1C(=O)N[C@H](CC(=O)N[C@@H]1CNC[C@@H]1C(=O)N[C@@H]1CNC[C@@H]1C(N)=O)C(C)C. The Kier molecular flexibility index (Phi) is 14.8. The van der Waals surface area contributed by atoms with E-state index in [-0.39, 0.29) is 66.1 Å². The summed E-state index contributed by atoms with van der Waals surface area (Å²) in [5, 5.41) is 40.5. The van der Waals surface area contributed by atoms with Crippen molar-refractivity contribution in [3.05, 3.63) is 29.8 Å². The number of carbonyl (C=O) groups is 6.